The molecule has 4 heteroatoms. The summed E-state index contributed by atoms with van der Waals surface area (Å²) in [5, 5.41) is 10.3. The quantitative estimate of drug-likeness (QED) is 0.608. The maximum Gasteiger partial charge on any atom is 0.162 e. The van der Waals surface area contributed by atoms with Gasteiger partial charge in [0.25, 0.3) is 0 Å². The van der Waals surface area contributed by atoms with Gasteiger partial charge in [-0.3, -0.25) is 0 Å². The highest BCUT2D eigenvalue weighted by atomic mass is 16.6. The second-order valence-electron chi connectivity index (χ2n) is 6.57. The van der Waals surface area contributed by atoms with E-state index in [0.717, 1.165) is 16.7 Å². The van der Waals surface area contributed by atoms with Crippen LogP contribution in [0, 0.1) is 0 Å². The number of aliphatic hydroxyl groups excluding tert-OH is 1. The molecule has 1 fully saturated rings. The van der Waals surface area contributed by atoms with Gasteiger partial charge in [-0.2, -0.15) is 0 Å². The molecule has 0 saturated carbocycles. The molecule has 0 unspecified atom stereocenters. The van der Waals surface area contributed by atoms with E-state index in [2.05, 4.69) is 0 Å². The van der Waals surface area contributed by atoms with Crippen LogP contribution in [0.4, 0.5) is 0 Å². The van der Waals surface area contributed by atoms with Crippen molar-refractivity contribution >= 4 is 0 Å². The van der Waals surface area contributed by atoms with Gasteiger partial charge in [-0.25, -0.2) is 0 Å². The number of rotatable bonds is 8. The van der Waals surface area contributed by atoms with Crippen LogP contribution in [-0.2, 0) is 18.0 Å². The van der Waals surface area contributed by atoms with Gasteiger partial charge in [0, 0.05) is 0 Å². The lowest BCUT2D eigenvalue weighted by Crippen LogP contribution is -2.06. The molecule has 0 bridgehead atoms. The Morgan fingerprint density at radius 3 is 1.93 bits per heavy atom. The van der Waals surface area contributed by atoms with E-state index >= 15 is 0 Å². The molecule has 0 amide bonds. The molecule has 1 aliphatic rings. The highest BCUT2D eigenvalue weighted by Crippen LogP contribution is 2.35. The Labute approximate surface area is 158 Å². The largest absolute Gasteiger partial charge is 0.485 e. The maximum atomic E-state index is 10.3. The fraction of sp³-hybridized carbons (Fsp3) is 0.217. The number of hydrogen-bond acceptors (Lipinski definition) is 4. The summed E-state index contributed by atoms with van der Waals surface area (Å²) in [5.74, 6) is 1.27. The van der Waals surface area contributed by atoms with Gasteiger partial charge in [0.2, 0.25) is 0 Å². The van der Waals surface area contributed by atoms with E-state index in [1.54, 1.807) is 0 Å². The molecule has 1 aliphatic heterocycles. The molecule has 138 valence electrons. The second kappa shape index (κ2) is 8.25. The van der Waals surface area contributed by atoms with E-state index in [1.165, 1.54) is 0 Å². The third-order valence-corrected chi connectivity index (χ3v) is 4.49. The van der Waals surface area contributed by atoms with E-state index in [9.17, 15) is 5.11 Å². The predicted molar refractivity (Wildman–Crippen MR) is 103 cm³/mol. The molecule has 1 saturated heterocycles. The summed E-state index contributed by atoms with van der Waals surface area (Å²) in [7, 11) is 0. The molecule has 3 aromatic rings. The Hall–Kier alpha value is -2.82. The number of ether oxygens (including phenoxy) is 3. The maximum absolute atomic E-state index is 10.3. The van der Waals surface area contributed by atoms with Crippen molar-refractivity contribution in [2.75, 3.05) is 6.61 Å². The lowest BCUT2D eigenvalue weighted by molar-refractivity contribution is 0.136. The molecule has 0 aromatic heterocycles. The van der Waals surface area contributed by atoms with Crippen LogP contribution in [-0.4, -0.2) is 17.8 Å². The Balaban J connectivity index is 1.52. The zero-order valence-corrected chi connectivity index (χ0v) is 15.0. The monoisotopic (exact) mass is 362 g/mol. The fourth-order valence-corrected chi connectivity index (χ4v) is 2.86. The summed E-state index contributed by atoms with van der Waals surface area (Å²) in [4.78, 5) is 0. The molecule has 0 radical (unpaired) electrons. The number of aliphatic hydroxyl groups is 1. The molecular weight excluding hydrogens is 340 g/mol. The van der Waals surface area contributed by atoms with Gasteiger partial charge in [-0.05, 0) is 28.8 Å². The van der Waals surface area contributed by atoms with Gasteiger partial charge in [-0.1, -0.05) is 66.7 Å². The predicted octanol–water partition coefficient (Wildman–Crippen LogP) is 4.28. The van der Waals surface area contributed by atoms with E-state index in [-0.39, 0.29) is 6.10 Å². The second-order valence-corrected chi connectivity index (χ2v) is 6.57. The smallest absolute Gasteiger partial charge is 0.162 e. The molecule has 27 heavy (non-hydrogen) atoms. The first-order valence-corrected chi connectivity index (χ1v) is 9.06. The third-order valence-electron chi connectivity index (χ3n) is 4.49. The third kappa shape index (κ3) is 4.67. The Morgan fingerprint density at radius 1 is 0.815 bits per heavy atom. The minimum absolute atomic E-state index is 0.122. The van der Waals surface area contributed by atoms with Crippen molar-refractivity contribution in [2.24, 2.45) is 0 Å². The minimum Gasteiger partial charge on any atom is -0.485 e. The van der Waals surface area contributed by atoms with Gasteiger partial charge in [0.15, 0.2) is 11.5 Å². The standard InChI is InChI=1S/C23H22O4/c24-23(22-16-27-22)19-11-12-20(25-14-17-7-3-1-4-8-17)21(13-19)26-15-18-9-5-2-6-10-18/h1-13,22-24H,14-16H2/t22-,23+/m1/s1. The van der Waals surface area contributed by atoms with Crippen molar-refractivity contribution < 1.29 is 19.3 Å². The van der Waals surface area contributed by atoms with Gasteiger partial charge in [-0.15, -0.1) is 0 Å². The normalized spacial score (nSPS) is 16.6. The molecular formula is C23H22O4. The van der Waals surface area contributed by atoms with E-state index in [1.807, 2.05) is 78.9 Å². The first-order valence-electron chi connectivity index (χ1n) is 9.06. The molecule has 4 nitrogen and oxygen atoms in total. The SMILES string of the molecule is O[C@@H](c1ccc(OCc2ccccc2)c(OCc2ccccc2)c1)[C@H]1CO1. The van der Waals surface area contributed by atoms with Crippen molar-refractivity contribution in [1.29, 1.82) is 0 Å². The molecule has 4 rings (SSSR count). The van der Waals surface area contributed by atoms with Crippen LogP contribution in [0.3, 0.4) is 0 Å². The number of hydrogen-bond donors (Lipinski definition) is 1. The Bertz CT molecular complexity index is 860. The van der Waals surface area contributed by atoms with Crippen LogP contribution in [0.25, 0.3) is 0 Å². The van der Waals surface area contributed by atoms with E-state index in [4.69, 9.17) is 14.2 Å². The number of benzene rings is 3. The average molecular weight is 362 g/mol. The number of epoxide rings is 1. The lowest BCUT2D eigenvalue weighted by atomic mass is 10.1. The topological polar surface area (TPSA) is 51.2 Å². The zero-order chi connectivity index (χ0) is 18.5. The molecule has 3 aromatic carbocycles. The van der Waals surface area contributed by atoms with E-state index in [0.29, 0.717) is 31.3 Å². The van der Waals surface area contributed by atoms with Crippen LogP contribution in [0.15, 0.2) is 78.9 Å². The summed E-state index contributed by atoms with van der Waals surface area (Å²) in [6.45, 7) is 1.48. The van der Waals surface area contributed by atoms with Crippen molar-refractivity contribution in [1.82, 2.24) is 0 Å². The summed E-state index contributed by atoms with van der Waals surface area (Å²) in [5.41, 5.74) is 2.93. The molecule has 0 spiro atoms. The van der Waals surface area contributed by atoms with Gasteiger partial charge in [0.1, 0.15) is 25.4 Å². The highest BCUT2D eigenvalue weighted by molar-refractivity contribution is 5.44. The first kappa shape index (κ1) is 17.6. The average Bonchev–Trinajstić information content (AvgIpc) is 3.57. The molecule has 1 heterocycles. The Kier molecular flexibility index (Phi) is 5.37. The van der Waals surface area contributed by atoms with Gasteiger partial charge in [0.05, 0.1) is 6.61 Å². The molecule has 1 N–H and O–H groups in total. The van der Waals surface area contributed by atoms with Crippen LogP contribution >= 0.6 is 0 Å². The summed E-state index contributed by atoms with van der Waals surface area (Å²) in [6, 6.07) is 25.5. The lowest BCUT2D eigenvalue weighted by Gasteiger charge is -2.16. The first-order chi connectivity index (χ1) is 13.3. The van der Waals surface area contributed by atoms with Gasteiger partial charge < -0.3 is 19.3 Å². The zero-order valence-electron chi connectivity index (χ0n) is 15.0. The van der Waals surface area contributed by atoms with Crippen LogP contribution in [0.2, 0.25) is 0 Å². The van der Waals surface area contributed by atoms with E-state index < -0.39 is 6.10 Å². The highest BCUT2D eigenvalue weighted by Gasteiger charge is 2.32. The van der Waals surface area contributed by atoms with Crippen molar-refractivity contribution in [2.45, 2.75) is 25.4 Å². The Morgan fingerprint density at radius 2 is 1.37 bits per heavy atom. The van der Waals surface area contributed by atoms with Crippen molar-refractivity contribution in [3.8, 4) is 11.5 Å². The van der Waals surface area contributed by atoms with Crippen LogP contribution < -0.4 is 9.47 Å². The summed E-state index contributed by atoms with van der Waals surface area (Å²) in [6.07, 6.45) is -0.768. The molecule has 2 atom stereocenters. The van der Waals surface area contributed by atoms with Crippen LogP contribution in [0.1, 0.15) is 22.8 Å². The summed E-state index contributed by atoms with van der Waals surface area (Å²) < 4.78 is 17.2. The van der Waals surface area contributed by atoms with Crippen molar-refractivity contribution in [3.05, 3.63) is 95.6 Å². The summed E-state index contributed by atoms with van der Waals surface area (Å²) >= 11 is 0. The molecule has 0 aliphatic carbocycles. The minimum atomic E-state index is -0.646. The van der Waals surface area contributed by atoms with Crippen molar-refractivity contribution in [3.63, 3.8) is 0 Å². The van der Waals surface area contributed by atoms with Crippen LogP contribution in [0.5, 0.6) is 11.5 Å². The fourth-order valence-electron chi connectivity index (χ4n) is 2.86. The van der Waals surface area contributed by atoms with Gasteiger partial charge >= 0.3 is 0 Å².